The molecule has 19 heteroatoms. The summed E-state index contributed by atoms with van der Waals surface area (Å²) in [5.74, 6) is -1.36. The van der Waals surface area contributed by atoms with E-state index in [-0.39, 0.29) is 25.7 Å². The van der Waals surface area contributed by atoms with Gasteiger partial charge < -0.3 is 33.8 Å². The standard InChI is InChI=1S/C74H144O17P2/c1-6-9-12-15-18-21-23-25-26-27-28-29-30-31-33-40-45-50-55-60-74(79)91-70(64-85-72(77)58-53-48-43-38-35-34-37-41-46-51-56-67(4)5)66-89-93(82,83)87-62-68(75)61-86-92(80,81)88-65-69(63-84-71(76)57-52-47-42-36-20-17-14-11-8-3)90-73(78)59-54-49-44-39-32-24-22-19-16-13-10-7-2/h67-70,75H,6-66H2,1-5H3,(H,80,81)(H,82,83)/t68-,69+,70+/m0/s1. The Morgan fingerprint density at radius 1 is 0.290 bits per heavy atom. The Morgan fingerprint density at radius 2 is 0.495 bits per heavy atom. The number of hydrogen-bond donors (Lipinski definition) is 3. The average Bonchev–Trinajstić information content (AvgIpc) is 2.07. The molecule has 5 atom stereocenters. The number of aliphatic hydroxyl groups excluding tert-OH is 1. The van der Waals surface area contributed by atoms with Gasteiger partial charge in [0.1, 0.15) is 19.3 Å². The Kier molecular flexibility index (Phi) is 65.9. The maximum atomic E-state index is 13.1. The molecule has 0 saturated heterocycles. The summed E-state index contributed by atoms with van der Waals surface area (Å²) in [5.41, 5.74) is 0. The first-order valence-corrected chi connectivity index (χ1v) is 41.6. The highest BCUT2D eigenvalue weighted by Gasteiger charge is 2.30. The molecule has 0 saturated carbocycles. The summed E-state index contributed by atoms with van der Waals surface area (Å²) in [6.45, 7) is 7.26. The summed E-state index contributed by atoms with van der Waals surface area (Å²) < 4.78 is 68.4. The minimum absolute atomic E-state index is 0.108. The van der Waals surface area contributed by atoms with Crippen LogP contribution in [0.25, 0.3) is 0 Å². The van der Waals surface area contributed by atoms with Gasteiger partial charge in [0.2, 0.25) is 0 Å². The summed E-state index contributed by atoms with van der Waals surface area (Å²) in [6.07, 6.45) is 55.5. The molecule has 0 radical (unpaired) electrons. The van der Waals surface area contributed by atoms with Gasteiger partial charge in [-0.2, -0.15) is 0 Å². The van der Waals surface area contributed by atoms with Crippen molar-refractivity contribution >= 4 is 39.5 Å². The lowest BCUT2D eigenvalue weighted by atomic mass is 10.0. The Balaban J connectivity index is 5.21. The predicted molar refractivity (Wildman–Crippen MR) is 377 cm³/mol. The molecule has 0 aliphatic heterocycles. The number of rotatable bonds is 74. The van der Waals surface area contributed by atoms with Crippen LogP contribution in [0, 0.1) is 5.92 Å². The molecule has 3 N–H and O–H groups in total. The topological polar surface area (TPSA) is 237 Å². The number of phosphoric ester groups is 2. The minimum Gasteiger partial charge on any atom is -0.462 e. The van der Waals surface area contributed by atoms with E-state index < -0.39 is 97.5 Å². The van der Waals surface area contributed by atoms with E-state index in [2.05, 4.69) is 34.6 Å². The van der Waals surface area contributed by atoms with Gasteiger partial charge in [-0.15, -0.1) is 0 Å². The highest BCUT2D eigenvalue weighted by atomic mass is 31.2. The van der Waals surface area contributed by atoms with Gasteiger partial charge in [-0.3, -0.25) is 37.3 Å². The normalized spacial score (nSPS) is 14.0. The van der Waals surface area contributed by atoms with Gasteiger partial charge in [-0.1, -0.05) is 336 Å². The van der Waals surface area contributed by atoms with Crippen molar-refractivity contribution in [1.82, 2.24) is 0 Å². The van der Waals surface area contributed by atoms with E-state index in [1.165, 1.54) is 212 Å². The molecule has 93 heavy (non-hydrogen) atoms. The second kappa shape index (κ2) is 67.3. The smallest absolute Gasteiger partial charge is 0.462 e. The number of ether oxygens (including phenoxy) is 4. The molecule has 0 aromatic carbocycles. The van der Waals surface area contributed by atoms with Crippen LogP contribution in [0.3, 0.4) is 0 Å². The van der Waals surface area contributed by atoms with E-state index in [1.54, 1.807) is 0 Å². The van der Waals surface area contributed by atoms with E-state index in [9.17, 15) is 43.2 Å². The molecule has 0 aromatic heterocycles. The van der Waals surface area contributed by atoms with Crippen molar-refractivity contribution in [2.45, 2.75) is 406 Å². The van der Waals surface area contributed by atoms with Crippen LogP contribution in [0.1, 0.15) is 388 Å². The summed E-state index contributed by atoms with van der Waals surface area (Å²) >= 11 is 0. The van der Waals surface area contributed by atoms with E-state index in [0.717, 1.165) is 95.8 Å². The first-order chi connectivity index (χ1) is 45.0. The molecule has 552 valence electrons. The van der Waals surface area contributed by atoms with E-state index in [0.29, 0.717) is 25.7 Å². The van der Waals surface area contributed by atoms with Gasteiger partial charge in [0.25, 0.3) is 0 Å². The number of phosphoric acid groups is 2. The Labute approximate surface area is 568 Å². The summed E-state index contributed by atoms with van der Waals surface area (Å²) in [7, 11) is -9.90. The van der Waals surface area contributed by atoms with Crippen LogP contribution in [-0.4, -0.2) is 96.7 Å². The quantitative estimate of drug-likeness (QED) is 0.0222. The zero-order valence-corrected chi connectivity index (χ0v) is 62.2. The van der Waals surface area contributed by atoms with Gasteiger partial charge in [0.05, 0.1) is 26.4 Å². The lowest BCUT2D eigenvalue weighted by molar-refractivity contribution is -0.161. The molecule has 0 aliphatic rings. The van der Waals surface area contributed by atoms with Crippen molar-refractivity contribution in [2.24, 2.45) is 5.92 Å². The maximum absolute atomic E-state index is 13.1. The fourth-order valence-corrected chi connectivity index (χ4v) is 12.9. The van der Waals surface area contributed by atoms with E-state index >= 15 is 0 Å². The zero-order valence-electron chi connectivity index (χ0n) is 60.4. The molecule has 2 unspecified atom stereocenters. The van der Waals surface area contributed by atoms with Crippen LogP contribution in [0.2, 0.25) is 0 Å². The molecular weight excluding hydrogens is 1220 g/mol. The fraction of sp³-hybridized carbons (Fsp3) is 0.946. The van der Waals surface area contributed by atoms with Crippen molar-refractivity contribution in [3.05, 3.63) is 0 Å². The number of aliphatic hydroxyl groups is 1. The van der Waals surface area contributed by atoms with Crippen molar-refractivity contribution in [2.75, 3.05) is 39.6 Å². The van der Waals surface area contributed by atoms with Crippen LogP contribution in [-0.2, 0) is 65.4 Å². The first-order valence-electron chi connectivity index (χ1n) is 38.6. The molecule has 0 bridgehead atoms. The van der Waals surface area contributed by atoms with Crippen molar-refractivity contribution in [3.63, 3.8) is 0 Å². The minimum atomic E-state index is -4.95. The van der Waals surface area contributed by atoms with Crippen molar-refractivity contribution in [3.8, 4) is 0 Å². The van der Waals surface area contributed by atoms with Crippen LogP contribution >= 0.6 is 15.6 Å². The SMILES string of the molecule is CCCCCCCCCCCCCCCCCCCCCC(=O)O[C@H](COC(=O)CCCCCCCCCCCCC(C)C)COP(=O)(O)OC[C@@H](O)COP(=O)(O)OC[C@@H](COC(=O)CCCCCCCCCCC)OC(=O)CCCCCCCCCCCCCC. The number of carbonyl (C=O) groups is 4. The molecule has 0 spiro atoms. The largest absolute Gasteiger partial charge is 0.472 e. The Morgan fingerprint density at radius 3 is 0.731 bits per heavy atom. The molecule has 17 nitrogen and oxygen atoms in total. The summed E-state index contributed by atoms with van der Waals surface area (Å²) in [4.78, 5) is 72.7. The zero-order chi connectivity index (χ0) is 68.4. The molecule has 0 rings (SSSR count). The number of carbonyl (C=O) groups excluding carboxylic acids is 4. The molecule has 0 aromatic rings. The van der Waals surface area contributed by atoms with Crippen molar-refractivity contribution in [1.29, 1.82) is 0 Å². The lowest BCUT2D eigenvalue weighted by Crippen LogP contribution is -2.30. The first kappa shape index (κ1) is 91.1. The van der Waals surface area contributed by atoms with Crippen LogP contribution in [0.4, 0.5) is 0 Å². The molecular formula is C74H144O17P2. The highest BCUT2D eigenvalue weighted by Crippen LogP contribution is 2.45. The molecule has 0 fully saturated rings. The Hall–Kier alpha value is -1.94. The summed E-state index contributed by atoms with van der Waals surface area (Å²) in [5, 5.41) is 10.6. The van der Waals surface area contributed by atoms with Gasteiger partial charge in [0, 0.05) is 25.7 Å². The second-order valence-electron chi connectivity index (χ2n) is 27.2. The van der Waals surface area contributed by atoms with Crippen LogP contribution in [0.5, 0.6) is 0 Å². The fourth-order valence-electron chi connectivity index (χ4n) is 11.4. The van der Waals surface area contributed by atoms with E-state index in [1.807, 2.05) is 0 Å². The number of hydrogen-bond acceptors (Lipinski definition) is 15. The van der Waals surface area contributed by atoms with Crippen molar-refractivity contribution < 1.29 is 80.2 Å². The second-order valence-corrected chi connectivity index (χ2v) is 30.1. The number of esters is 4. The molecule has 0 aliphatic carbocycles. The van der Waals surface area contributed by atoms with Gasteiger partial charge in [-0.25, -0.2) is 9.13 Å². The van der Waals surface area contributed by atoms with Crippen LogP contribution < -0.4 is 0 Å². The third-order valence-corrected chi connectivity index (χ3v) is 19.2. The van der Waals surface area contributed by atoms with E-state index in [4.69, 9.17) is 37.0 Å². The lowest BCUT2D eigenvalue weighted by Gasteiger charge is -2.21. The molecule has 0 heterocycles. The van der Waals surface area contributed by atoms with Gasteiger partial charge in [-0.05, 0) is 31.6 Å². The number of unbranched alkanes of at least 4 members (excludes halogenated alkanes) is 46. The monoisotopic (exact) mass is 1370 g/mol. The Bertz CT molecular complexity index is 1790. The summed E-state index contributed by atoms with van der Waals surface area (Å²) in [6, 6.07) is 0. The third-order valence-electron chi connectivity index (χ3n) is 17.3. The van der Waals surface area contributed by atoms with Gasteiger partial charge >= 0.3 is 39.5 Å². The average molecular weight is 1370 g/mol. The predicted octanol–water partition coefficient (Wildman–Crippen LogP) is 21.7. The molecule has 0 amide bonds. The van der Waals surface area contributed by atoms with Gasteiger partial charge in [0.15, 0.2) is 12.2 Å². The maximum Gasteiger partial charge on any atom is 0.472 e. The van der Waals surface area contributed by atoms with Crippen LogP contribution in [0.15, 0.2) is 0 Å². The third kappa shape index (κ3) is 68.4. The highest BCUT2D eigenvalue weighted by molar-refractivity contribution is 7.47.